The molecule has 0 spiro atoms. The number of carbonyl (C=O) groups excluding carboxylic acids is 1. The first kappa shape index (κ1) is 13.9. The Hall–Kier alpha value is -2.04. The van der Waals surface area contributed by atoms with Crippen LogP contribution >= 0.6 is 0 Å². The smallest absolute Gasteiger partial charge is 0.271 e. The van der Waals surface area contributed by atoms with E-state index in [0.717, 1.165) is 12.8 Å². The average molecular weight is 286 g/mol. The Bertz CT molecular complexity index is 678. The highest BCUT2D eigenvalue weighted by molar-refractivity contribution is 6.46. The summed E-state index contributed by atoms with van der Waals surface area (Å²) >= 11 is 0. The lowest BCUT2D eigenvalue weighted by atomic mass is 9.70. The molecule has 2 bridgehead atoms. The maximum absolute atomic E-state index is 12.7. The van der Waals surface area contributed by atoms with Crippen LogP contribution in [0.1, 0.15) is 33.6 Å². The highest BCUT2D eigenvalue weighted by Gasteiger charge is 2.64. The number of rotatable bonds is 2. The maximum Gasteiger partial charge on any atom is 0.271 e. The number of nitro benzene ring substituents is 1. The average Bonchev–Trinajstić information content (AvgIpc) is 2.73. The first-order chi connectivity index (χ1) is 9.77. The number of nitro groups is 1. The standard InChI is InChI=1S/C16H18N2O3/c1-15(2)12-7-8-16(15,3)14(19)13(12)17-10-5-4-6-11(9-10)18(20)21/h4-6,9,12H,7-8H2,1-3H3/t12-,16+/m0/s1. The van der Waals surface area contributed by atoms with Gasteiger partial charge in [0.15, 0.2) is 5.78 Å². The molecule has 2 fully saturated rings. The van der Waals surface area contributed by atoms with Crippen molar-refractivity contribution in [1.82, 2.24) is 0 Å². The van der Waals surface area contributed by atoms with Gasteiger partial charge in [0.2, 0.25) is 0 Å². The highest BCUT2D eigenvalue weighted by Crippen LogP contribution is 2.62. The van der Waals surface area contributed by atoms with Crippen LogP contribution in [-0.2, 0) is 4.79 Å². The monoisotopic (exact) mass is 286 g/mol. The summed E-state index contributed by atoms with van der Waals surface area (Å²) in [5.74, 6) is 0.254. The van der Waals surface area contributed by atoms with E-state index in [1.165, 1.54) is 12.1 Å². The number of non-ortho nitro benzene ring substituents is 1. The van der Waals surface area contributed by atoms with Crippen molar-refractivity contribution in [3.63, 3.8) is 0 Å². The van der Waals surface area contributed by atoms with E-state index in [1.54, 1.807) is 12.1 Å². The molecule has 0 unspecified atom stereocenters. The molecule has 0 aliphatic heterocycles. The van der Waals surface area contributed by atoms with Crippen LogP contribution in [0.4, 0.5) is 11.4 Å². The van der Waals surface area contributed by atoms with Gasteiger partial charge in [-0.25, -0.2) is 4.99 Å². The highest BCUT2D eigenvalue weighted by atomic mass is 16.6. The molecule has 0 radical (unpaired) electrons. The zero-order valence-electron chi connectivity index (χ0n) is 12.4. The predicted molar refractivity (Wildman–Crippen MR) is 79.8 cm³/mol. The molecule has 0 aromatic heterocycles. The normalized spacial score (nSPS) is 31.9. The van der Waals surface area contributed by atoms with Crippen LogP contribution in [0.3, 0.4) is 0 Å². The van der Waals surface area contributed by atoms with E-state index in [-0.39, 0.29) is 28.2 Å². The number of nitrogens with zero attached hydrogens (tertiary/aromatic N) is 2. The van der Waals surface area contributed by atoms with E-state index in [4.69, 9.17) is 0 Å². The Morgan fingerprint density at radius 3 is 2.62 bits per heavy atom. The second kappa shape index (κ2) is 4.23. The fourth-order valence-electron chi connectivity index (χ4n) is 3.77. The molecule has 1 aromatic carbocycles. The Morgan fingerprint density at radius 1 is 1.33 bits per heavy atom. The third kappa shape index (κ3) is 1.76. The number of hydrogen-bond acceptors (Lipinski definition) is 4. The molecule has 0 amide bonds. The molecule has 3 rings (SSSR count). The van der Waals surface area contributed by atoms with Crippen LogP contribution in [-0.4, -0.2) is 16.4 Å². The van der Waals surface area contributed by atoms with Crippen molar-refractivity contribution in [2.75, 3.05) is 0 Å². The van der Waals surface area contributed by atoms with Crippen LogP contribution < -0.4 is 0 Å². The van der Waals surface area contributed by atoms with Gasteiger partial charge < -0.3 is 0 Å². The number of hydrogen-bond donors (Lipinski definition) is 0. The molecule has 2 aliphatic rings. The van der Waals surface area contributed by atoms with Crippen molar-refractivity contribution < 1.29 is 9.72 Å². The van der Waals surface area contributed by atoms with E-state index in [2.05, 4.69) is 18.8 Å². The Morgan fingerprint density at radius 2 is 2.05 bits per heavy atom. The molecule has 2 saturated carbocycles. The van der Waals surface area contributed by atoms with Crippen molar-refractivity contribution in [2.24, 2.45) is 21.7 Å². The largest absolute Gasteiger partial charge is 0.292 e. The minimum atomic E-state index is -0.447. The van der Waals surface area contributed by atoms with Crippen molar-refractivity contribution in [3.8, 4) is 0 Å². The SMILES string of the molecule is CC1(C)[C@H]2CC[C@]1(C)C(=O)C2=Nc1cccc([N+](=O)[O-])c1. The van der Waals surface area contributed by atoms with Gasteiger partial charge in [-0.05, 0) is 24.3 Å². The van der Waals surface area contributed by atoms with Gasteiger partial charge in [-0.1, -0.05) is 26.8 Å². The van der Waals surface area contributed by atoms with Gasteiger partial charge in [0.25, 0.3) is 5.69 Å². The molecule has 5 heteroatoms. The van der Waals surface area contributed by atoms with Gasteiger partial charge in [-0.2, -0.15) is 0 Å². The van der Waals surface area contributed by atoms with Crippen LogP contribution in [0.5, 0.6) is 0 Å². The second-order valence-corrected chi connectivity index (χ2v) is 6.75. The number of carbonyl (C=O) groups is 1. The lowest BCUT2D eigenvalue weighted by Crippen LogP contribution is -2.33. The first-order valence-corrected chi connectivity index (χ1v) is 7.15. The van der Waals surface area contributed by atoms with E-state index in [9.17, 15) is 14.9 Å². The summed E-state index contributed by atoms with van der Waals surface area (Å²) in [6, 6.07) is 6.15. The van der Waals surface area contributed by atoms with Crippen LogP contribution in [0, 0.1) is 26.9 Å². The molecule has 21 heavy (non-hydrogen) atoms. The molecule has 2 atom stereocenters. The van der Waals surface area contributed by atoms with E-state index < -0.39 is 4.92 Å². The first-order valence-electron chi connectivity index (χ1n) is 7.15. The molecule has 0 heterocycles. The van der Waals surface area contributed by atoms with Crippen molar-refractivity contribution >= 4 is 22.9 Å². The van der Waals surface area contributed by atoms with Gasteiger partial charge in [-0.15, -0.1) is 0 Å². The molecule has 0 saturated heterocycles. The fourth-order valence-corrected chi connectivity index (χ4v) is 3.77. The second-order valence-electron chi connectivity index (χ2n) is 6.75. The zero-order valence-corrected chi connectivity index (χ0v) is 12.4. The summed E-state index contributed by atoms with van der Waals surface area (Å²) in [5, 5.41) is 10.8. The summed E-state index contributed by atoms with van der Waals surface area (Å²) in [6.45, 7) is 6.27. The van der Waals surface area contributed by atoms with Crippen molar-refractivity contribution in [1.29, 1.82) is 0 Å². The van der Waals surface area contributed by atoms with E-state index in [0.29, 0.717) is 11.4 Å². The van der Waals surface area contributed by atoms with Crippen LogP contribution in [0.15, 0.2) is 29.3 Å². The third-order valence-electron chi connectivity index (χ3n) is 5.58. The summed E-state index contributed by atoms with van der Waals surface area (Å²) in [6.07, 6.45) is 1.86. The maximum atomic E-state index is 12.7. The summed E-state index contributed by atoms with van der Waals surface area (Å²) in [4.78, 5) is 27.5. The third-order valence-corrected chi connectivity index (χ3v) is 5.58. The summed E-state index contributed by atoms with van der Waals surface area (Å²) in [7, 11) is 0. The number of ketones is 1. The molecular formula is C16H18N2O3. The quantitative estimate of drug-likeness (QED) is 0.614. The van der Waals surface area contributed by atoms with Crippen LogP contribution in [0.25, 0.3) is 0 Å². The topological polar surface area (TPSA) is 72.6 Å². The van der Waals surface area contributed by atoms with Crippen molar-refractivity contribution in [2.45, 2.75) is 33.6 Å². The fraction of sp³-hybridized carbons (Fsp3) is 0.500. The Kier molecular flexibility index (Phi) is 2.80. The number of Topliss-reactive ketones (excluding diaryl/α,β-unsaturated/α-hetero) is 1. The van der Waals surface area contributed by atoms with Gasteiger partial charge in [0.1, 0.15) is 0 Å². The van der Waals surface area contributed by atoms with E-state index in [1.807, 2.05) is 6.92 Å². The van der Waals surface area contributed by atoms with Gasteiger partial charge in [0.05, 0.1) is 16.3 Å². The van der Waals surface area contributed by atoms with Crippen LogP contribution in [0.2, 0.25) is 0 Å². The number of fused-ring (bicyclic) bond motifs is 2. The summed E-state index contributed by atoms with van der Waals surface area (Å²) < 4.78 is 0. The summed E-state index contributed by atoms with van der Waals surface area (Å²) in [5.41, 5.74) is 0.632. The lowest BCUT2D eigenvalue weighted by molar-refractivity contribution is -0.384. The van der Waals surface area contributed by atoms with E-state index >= 15 is 0 Å². The molecular weight excluding hydrogens is 268 g/mol. The molecule has 110 valence electrons. The lowest BCUT2D eigenvalue weighted by Gasteiger charge is -2.31. The van der Waals surface area contributed by atoms with Gasteiger partial charge in [0, 0.05) is 23.5 Å². The Labute approximate surface area is 123 Å². The Balaban J connectivity index is 2.04. The van der Waals surface area contributed by atoms with Gasteiger partial charge in [-0.3, -0.25) is 14.9 Å². The minimum absolute atomic E-state index is 0.00192. The molecule has 0 N–H and O–H groups in total. The number of benzene rings is 1. The molecule has 2 aliphatic carbocycles. The zero-order chi connectivity index (χ0) is 15.4. The predicted octanol–water partition coefficient (Wildman–Crippen LogP) is 3.69. The number of aliphatic imine (C=N–C) groups is 1. The van der Waals surface area contributed by atoms with Gasteiger partial charge >= 0.3 is 0 Å². The molecule has 1 aromatic rings. The van der Waals surface area contributed by atoms with Crippen molar-refractivity contribution in [3.05, 3.63) is 34.4 Å². The minimum Gasteiger partial charge on any atom is -0.292 e. The molecule has 5 nitrogen and oxygen atoms in total.